The van der Waals surface area contributed by atoms with Gasteiger partial charge in [-0.25, -0.2) is 0 Å². The Labute approximate surface area is 132 Å². The first-order valence-electron chi connectivity index (χ1n) is 6.52. The molecule has 4 nitrogen and oxygen atoms in total. The van der Waals surface area contributed by atoms with Crippen molar-refractivity contribution in [1.29, 1.82) is 0 Å². The number of hydrogen-bond donors (Lipinski definition) is 1. The highest BCUT2D eigenvalue weighted by Crippen LogP contribution is 2.38. The Hall–Kier alpha value is -0.840. The summed E-state index contributed by atoms with van der Waals surface area (Å²) in [5.41, 5.74) is 6.59. The van der Waals surface area contributed by atoms with E-state index in [9.17, 15) is 4.79 Å². The van der Waals surface area contributed by atoms with Crippen molar-refractivity contribution in [2.45, 2.75) is 32.2 Å². The standard InChI is InChI=1S/C14H21N3O.2ClH/c1-17(10-12-5-4-8-16-9-12)13(18)14(11-15)6-2-3-7-14;;/h4-5,8-9H,2-3,6-7,10-11,15H2,1H3;2*1H. The molecule has 0 radical (unpaired) electrons. The Kier molecular flexibility index (Phi) is 8.09. The van der Waals surface area contributed by atoms with Crippen LogP contribution in [0.15, 0.2) is 24.5 Å². The van der Waals surface area contributed by atoms with E-state index in [1.165, 1.54) is 0 Å². The summed E-state index contributed by atoms with van der Waals surface area (Å²) < 4.78 is 0. The van der Waals surface area contributed by atoms with Crippen molar-refractivity contribution in [2.75, 3.05) is 13.6 Å². The fraction of sp³-hybridized carbons (Fsp3) is 0.571. The molecule has 0 unspecified atom stereocenters. The first kappa shape index (κ1) is 19.2. The van der Waals surface area contributed by atoms with Crippen molar-refractivity contribution in [3.05, 3.63) is 30.1 Å². The van der Waals surface area contributed by atoms with Crippen LogP contribution in [0.2, 0.25) is 0 Å². The minimum atomic E-state index is -0.309. The van der Waals surface area contributed by atoms with Crippen molar-refractivity contribution in [2.24, 2.45) is 11.1 Å². The summed E-state index contributed by atoms with van der Waals surface area (Å²) in [5, 5.41) is 0. The molecule has 0 bridgehead atoms. The highest BCUT2D eigenvalue weighted by Gasteiger charge is 2.41. The van der Waals surface area contributed by atoms with E-state index in [0.29, 0.717) is 13.1 Å². The summed E-state index contributed by atoms with van der Waals surface area (Å²) in [7, 11) is 1.85. The SMILES string of the molecule is CN(Cc1cccnc1)C(=O)C1(CN)CCCC1.Cl.Cl. The van der Waals surface area contributed by atoms with Gasteiger partial charge in [0.25, 0.3) is 0 Å². The normalized spacial score (nSPS) is 15.9. The zero-order valence-electron chi connectivity index (χ0n) is 11.7. The van der Waals surface area contributed by atoms with Crippen molar-refractivity contribution in [1.82, 2.24) is 9.88 Å². The summed E-state index contributed by atoms with van der Waals surface area (Å²) >= 11 is 0. The van der Waals surface area contributed by atoms with Crippen LogP contribution in [0.25, 0.3) is 0 Å². The molecule has 0 aromatic carbocycles. The Morgan fingerprint density at radius 2 is 2.05 bits per heavy atom. The van der Waals surface area contributed by atoms with E-state index in [0.717, 1.165) is 31.2 Å². The molecule has 6 heteroatoms. The zero-order chi connectivity index (χ0) is 13.0. The van der Waals surface area contributed by atoms with Gasteiger partial charge in [-0.3, -0.25) is 9.78 Å². The van der Waals surface area contributed by atoms with E-state index in [2.05, 4.69) is 4.98 Å². The van der Waals surface area contributed by atoms with Gasteiger partial charge < -0.3 is 10.6 Å². The summed E-state index contributed by atoms with van der Waals surface area (Å²) in [6, 6.07) is 3.88. The molecule has 20 heavy (non-hydrogen) atoms. The van der Waals surface area contributed by atoms with Gasteiger partial charge in [0.15, 0.2) is 0 Å². The molecule has 1 saturated carbocycles. The van der Waals surface area contributed by atoms with E-state index < -0.39 is 0 Å². The van der Waals surface area contributed by atoms with Gasteiger partial charge in [0, 0.05) is 32.5 Å². The Morgan fingerprint density at radius 3 is 2.55 bits per heavy atom. The number of rotatable bonds is 4. The van der Waals surface area contributed by atoms with Crippen LogP contribution in [-0.4, -0.2) is 29.4 Å². The largest absolute Gasteiger partial charge is 0.341 e. The first-order valence-corrected chi connectivity index (χ1v) is 6.52. The Morgan fingerprint density at radius 1 is 1.40 bits per heavy atom. The quantitative estimate of drug-likeness (QED) is 0.927. The number of nitrogens with two attached hydrogens (primary N) is 1. The number of pyridine rings is 1. The Bertz CT molecular complexity index is 408. The third kappa shape index (κ3) is 4.08. The molecule has 1 aliphatic carbocycles. The van der Waals surface area contributed by atoms with Crippen molar-refractivity contribution in [3.8, 4) is 0 Å². The maximum Gasteiger partial charge on any atom is 0.230 e. The van der Waals surface area contributed by atoms with Gasteiger partial charge in [-0.1, -0.05) is 18.9 Å². The van der Waals surface area contributed by atoms with Gasteiger partial charge in [-0.05, 0) is 24.5 Å². The van der Waals surface area contributed by atoms with E-state index in [1.54, 1.807) is 17.3 Å². The van der Waals surface area contributed by atoms with Crippen molar-refractivity contribution in [3.63, 3.8) is 0 Å². The second-order valence-corrected chi connectivity index (χ2v) is 5.21. The van der Waals surface area contributed by atoms with Gasteiger partial charge in [0.1, 0.15) is 0 Å². The van der Waals surface area contributed by atoms with Crippen LogP contribution < -0.4 is 5.73 Å². The zero-order valence-corrected chi connectivity index (χ0v) is 13.4. The lowest BCUT2D eigenvalue weighted by atomic mass is 9.84. The average Bonchev–Trinajstić information content (AvgIpc) is 2.89. The molecule has 0 spiro atoms. The molecule has 1 aliphatic rings. The van der Waals surface area contributed by atoms with E-state index in [-0.39, 0.29) is 36.1 Å². The maximum absolute atomic E-state index is 12.5. The molecule has 1 aromatic heterocycles. The Balaban J connectivity index is 0.00000180. The maximum atomic E-state index is 12.5. The second-order valence-electron chi connectivity index (χ2n) is 5.21. The predicted molar refractivity (Wildman–Crippen MR) is 85.2 cm³/mol. The molecule has 1 fully saturated rings. The molecule has 2 rings (SSSR count). The molecule has 1 heterocycles. The fourth-order valence-corrected chi connectivity index (χ4v) is 2.80. The van der Waals surface area contributed by atoms with Gasteiger partial charge in [-0.2, -0.15) is 0 Å². The van der Waals surface area contributed by atoms with Crippen LogP contribution in [0.5, 0.6) is 0 Å². The van der Waals surface area contributed by atoms with Crippen LogP contribution in [-0.2, 0) is 11.3 Å². The third-order valence-electron chi connectivity index (χ3n) is 3.89. The van der Waals surface area contributed by atoms with E-state index in [1.807, 2.05) is 19.2 Å². The monoisotopic (exact) mass is 319 g/mol. The second kappa shape index (κ2) is 8.45. The molecular formula is C14H23Cl2N3O. The molecule has 1 aromatic rings. The van der Waals surface area contributed by atoms with E-state index >= 15 is 0 Å². The molecule has 2 N–H and O–H groups in total. The fourth-order valence-electron chi connectivity index (χ4n) is 2.80. The van der Waals surface area contributed by atoms with Gasteiger partial charge >= 0.3 is 0 Å². The van der Waals surface area contributed by atoms with Crippen LogP contribution in [0.4, 0.5) is 0 Å². The number of amides is 1. The molecule has 114 valence electrons. The van der Waals surface area contributed by atoms with Crippen LogP contribution >= 0.6 is 24.8 Å². The molecule has 0 aliphatic heterocycles. The van der Waals surface area contributed by atoms with Crippen LogP contribution in [0, 0.1) is 5.41 Å². The lowest BCUT2D eigenvalue weighted by Gasteiger charge is -2.31. The smallest absolute Gasteiger partial charge is 0.230 e. The molecule has 0 atom stereocenters. The number of nitrogens with zero attached hydrogens (tertiary/aromatic N) is 2. The first-order chi connectivity index (χ1) is 8.68. The van der Waals surface area contributed by atoms with E-state index in [4.69, 9.17) is 5.73 Å². The minimum Gasteiger partial charge on any atom is -0.341 e. The van der Waals surface area contributed by atoms with Crippen molar-refractivity contribution >= 4 is 30.7 Å². The summed E-state index contributed by atoms with van der Waals surface area (Å²) in [6.45, 7) is 1.07. The molecule has 0 saturated heterocycles. The highest BCUT2D eigenvalue weighted by molar-refractivity contribution is 5.85. The minimum absolute atomic E-state index is 0. The molecular weight excluding hydrogens is 297 g/mol. The lowest BCUT2D eigenvalue weighted by molar-refractivity contribution is -0.140. The number of aromatic nitrogens is 1. The van der Waals surface area contributed by atoms with Gasteiger partial charge in [0.2, 0.25) is 5.91 Å². The van der Waals surface area contributed by atoms with Crippen LogP contribution in [0.3, 0.4) is 0 Å². The number of halogens is 2. The molecule has 1 amide bonds. The number of carbonyl (C=O) groups is 1. The van der Waals surface area contributed by atoms with Crippen LogP contribution in [0.1, 0.15) is 31.2 Å². The topological polar surface area (TPSA) is 59.2 Å². The van der Waals surface area contributed by atoms with Crippen molar-refractivity contribution < 1.29 is 4.79 Å². The summed E-state index contributed by atoms with van der Waals surface area (Å²) in [5.74, 6) is 0.186. The van der Waals surface area contributed by atoms with Gasteiger partial charge in [0.05, 0.1) is 5.41 Å². The predicted octanol–water partition coefficient (Wildman–Crippen LogP) is 2.40. The summed E-state index contributed by atoms with van der Waals surface area (Å²) in [6.07, 6.45) is 7.63. The number of hydrogen-bond acceptors (Lipinski definition) is 3. The average molecular weight is 320 g/mol. The third-order valence-corrected chi connectivity index (χ3v) is 3.89. The lowest BCUT2D eigenvalue weighted by Crippen LogP contribution is -2.44. The van der Waals surface area contributed by atoms with Gasteiger partial charge in [-0.15, -0.1) is 24.8 Å². The highest BCUT2D eigenvalue weighted by atomic mass is 35.5. The number of carbonyl (C=O) groups excluding carboxylic acids is 1. The summed E-state index contributed by atoms with van der Waals surface area (Å²) in [4.78, 5) is 18.4.